The van der Waals surface area contributed by atoms with Crippen molar-refractivity contribution < 1.29 is 4.79 Å². The van der Waals surface area contributed by atoms with Gasteiger partial charge >= 0.3 is 0 Å². The zero-order valence-corrected chi connectivity index (χ0v) is 8.21. The number of amides is 1. The highest BCUT2D eigenvalue weighted by atomic mass is 16.1. The van der Waals surface area contributed by atoms with E-state index in [2.05, 4.69) is 22.8 Å². The predicted octanol–water partition coefficient (Wildman–Crippen LogP) is 1.02. The predicted molar refractivity (Wildman–Crippen MR) is 56.2 cm³/mol. The summed E-state index contributed by atoms with van der Waals surface area (Å²) in [5.41, 5.74) is 2.39. The zero-order chi connectivity index (χ0) is 9.97. The lowest BCUT2D eigenvalue weighted by Gasteiger charge is -2.24. The summed E-state index contributed by atoms with van der Waals surface area (Å²) in [5.74, 6) is 0.182. The average molecular weight is 190 g/mol. The van der Waals surface area contributed by atoms with Crippen LogP contribution in [0.4, 0.5) is 5.69 Å². The lowest BCUT2D eigenvalue weighted by atomic mass is 9.93. The van der Waals surface area contributed by atoms with Crippen molar-refractivity contribution in [3.63, 3.8) is 0 Å². The molecule has 3 heteroatoms. The summed E-state index contributed by atoms with van der Waals surface area (Å²) in [7, 11) is 1.68. The maximum Gasteiger partial charge on any atom is 0.224 e. The van der Waals surface area contributed by atoms with Crippen molar-refractivity contribution in [1.29, 1.82) is 0 Å². The van der Waals surface area contributed by atoms with Crippen molar-refractivity contribution >= 4 is 11.6 Å². The lowest BCUT2D eigenvalue weighted by Crippen LogP contribution is -2.36. The zero-order valence-electron chi connectivity index (χ0n) is 8.21. The third kappa shape index (κ3) is 1.58. The monoisotopic (exact) mass is 190 g/mol. The maximum atomic E-state index is 11.4. The summed E-state index contributed by atoms with van der Waals surface area (Å²) in [4.78, 5) is 11.4. The smallest absolute Gasteiger partial charge is 0.224 e. The van der Waals surface area contributed by atoms with Gasteiger partial charge in [-0.1, -0.05) is 18.2 Å². The molecule has 0 radical (unpaired) electrons. The molecule has 0 spiro atoms. The molecule has 1 aromatic rings. The van der Waals surface area contributed by atoms with Crippen LogP contribution in [-0.4, -0.2) is 19.5 Å². The Morgan fingerprint density at radius 1 is 1.50 bits per heavy atom. The Bertz CT molecular complexity index is 349. The van der Waals surface area contributed by atoms with E-state index >= 15 is 0 Å². The SMILES string of the molecule is CNC(=O)[C@H]1CNc2ccccc2C1. The molecule has 2 rings (SSSR count). The molecule has 14 heavy (non-hydrogen) atoms. The van der Waals surface area contributed by atoms with E-state index in [0.29, 0.717) is 0 Å². The summed E-state index contributed by atoms with van der Waals surface area (Å²) >= 11 is 0. The van der Waals surface area contributed by atoms with E-state index in [4.69, 9.17) is 0 Å². The molecule has 74 valence electrons. The Kier molecular flexibility index (Phi) is 2.39. The molecule has 1 heterocycles. The Morgan fingerprint density at radius 3 is 3.07 bits per heavy atom. The van der Waals surface area contributed by atoms with Gasteiger partial charge in [0.2, 0.25) is 5.91 Å². The number of benzene rings is 1. The highest BCUT2D eigenvalue weighted by molar-refractivity contribution is 5.80. The molecular formula is C11H14N2O. The minimum atomic E-state index is 0.0647. The fourth-order valence-corrected chi connectivity index (χ4v) is 1.83. The molecule has 0 aliphatic carbocycles. The number of anilines is 1. The average Bonchev–Trinajstić information content (AvgIpc) is 2.27. The number of fused-ring (bicyclic) bond motifs is 1. The molecule has 0 unspecified atom stereocenters. The number of carbonyl (C=O) groups is 1. The van der Waals surface area contributed by atoms with Gasteiger partial charge in [-0.3, -0.25) is 4.79 Å². The fraction of sp³-hybridized carbons (Fsp3) is 0.364. The van der Waals surface area contributed by atoms with Crippen molar-refractivity contribution in [1.82, 2.24) is 5.32 Å². The van der Waals surface area contributed by atoms with E-state index in [1.165, 1.54) is 5.56 Å². The third-order valence-electron chi connectivity index (χ3n) is 2.64. The first-order valence-electron chi connectivity index (χ1n) is 4.84. The van der Waals surface area contributed by atoms with E-state index in [9.17, 15) is 4.79 Å². The molecule has 0 saturated carbocycles. The molecule has 0 bridgehead atoms. The molecule has 1 aliphatic rings. The Balaban J connectivity index is 2.17. The van der Waals surface area contributed by atoms with Gasteiger partial charge in [-0.2, -0.15) is 0 Å². The number of hydrogen-bond donors (Lipinski definition) is 2. The van der Waals surface area contributed by atoms with Crippen LogP contribution in [-0.2, 0) is 11.2 Å². The van der Waals surface area contributed by atoms with Gasteiger partial charge in [0, 0.05) is 19.3 Å². The van der Waals surface area contributed by atoms with E-state index in [0.717, 1.165) is 18.7 Å². The van der Waals surface area contributed by atoms with Crippen molar-refractivity contribution in [2.45, 2.75) is 6.42 Å². The van der Waals surface area contributed by atoms with E-state index < -0.39 is 0 Å². The summed E-state index contributed by atoms with van der Waals surface area (Å²) in [6.07, 6.45) is 0.836. The number of rotatable bonds is 1. The molecule has 1 aromatic carbocycles. The number of para-hydroxylation sites is 1. The molecule has 3 nitrogen and oxygen atoms in total. The van der Waals surface area contributed by atoms with Crippen molar-refractivity contribution in [2.24, 2.45) is 5.92 Å². The first-order valence-corrected chi connectivity index (χ1v) is 4.84. The molecule has 1 atom stereocenters. The van der Waals surface area contributed by atoms with Gasteiger partial charge in [-0.05, 0) is 18.1 Å². The largest absolute Gasteiger partial charge is 0.384 e. The molecule has 0 saturated heterocycles. The van der Waals surface area contributed by atoms with Gasteiger partial charge in [0.25, 0.3) is 0 Å². The van der Waals surface area contributed by atoms with Crippen LogP contribution in [0.15, 0.2) is 24.3 Å². The molecule has 0 aromatic heterocycles. The van der Waals surface area contributed by atoms with Gasteiger partial charge in [0.05, 0.1) is 5.92 Å². The Hall–Kier alpha value is -1.51. The highest BCUT2D eigenvalue weighted by Gasteiger charge is 2.22. The van der Waals surface area contributed by atoms with Crippen LogP contribution < -0.4 is 10.6 Å². The number of hydrogen-bond acceptors (Lipinski definition) is 2. The molecule has 2 N–H and O–H groups in total. The van der Waals surface area contributed by atoms with Gasteiger partial charge < -0.3 is 10.6 Å². The molecule has 1 amide bonds. The van der Waals surface area contributed by atoms with E-state index in [-0.39, 0.29) is 11.8 Å². The highest BCUT2D eigenvalue weighted by Crippen LogP contribution is 2.23. The van der Waals surface area contributed by atoms with Crippen molar-refractivity contribution in [3.05, 3.63) is 29.8 Å². The fourth-order valence-electron chi connectivity index (χ4n) is 1.83. The number of carbonyl (C=O) groups excluding carboxylic acids is 1. The number of nitrogens with one attached hydrogen (secondary N) is 2. The normalized spacial score (nSPS) is 19.4. The molecular weight excluding hydrogens is 176 g/mol. The van der Waals surface area contributed by atoms with Crippen LogP contribution in [0.3, 0.4) is 0 Å². The Morgan fingerprint density at radius 2 is 2.29 bits per heavy atom. The summed E-state index contributed by atoms with van der Waals surface area (Å²) in [5, 5.41) is 5.95. The quantitative estimate of drug-likeness (QED) is 0.694. The Labute approximate surface area is 83.5 Å². The van der Waals surface area contributed by atoms with Gasteiger partial charge in [0.1, 0.15) is 0 Å². The summed E-state index contributed by atoms with van der Waals surface area (Å²) < 4.78 is 0. The van der Waals surface area contributed by atoms with Gasteiger partial charge in [-0.15, -0.1) is 0 Å². The third-order valence-corrected chi connectivity index (χ3v) is 2.64. The molecule has 0 fully saturated rings. The minimum absolute atomic E-state index is 0.0647. The van der Waals surface area contributed by atoms with Crippen molar-refractivity contribution in [2.75, 3.05) is 18.9 Å². The van der Waals surface area contributed by atoms with Crippen molar-refractivity contribution in [3.8, 4) is 0 Å². The van der Waals surface area contributed by atoms with E-state index in [1.807, 2.05) is 12.1 Å². The summed E-state index contributed by atoms with van der Waals surface area (Å²) in [6.45, 7) is 0.733. The van der Waals surface area contributed by atoms with Crippen LogP contribution in [0, 0.1) is 5.92 Å². The second-order valence-corrected chi connectivity index (χ2v) is 3.55. The summed E-state index contributed by atoms with van der Waals surface area (Å²) in [6, 6.07) is 8.13. The second kappa shape index (κ2) is 3.70. The van der Waals surface area contributed by atoms with Crippen LogP contribution in [0.2, 0.25) is 0 Å². The first-order chi connectivity index (χ1) is 6.81. The second-order valence-electron chi connectivity index (χ2n) is 3.55. The topological polar surface area (TPSA) is 41.1 Å². The molecule has 1 aliphatic heterocycles. The standard InChI is InChI=1S/C11H14N2O/c1-12-11(14)9-6-8-4-2-3-5-10(8)13-7-9/h2-5,9,13H,6-7H2,1H3,(H,12,14)/t9-/m1/s1. The van der Waals surface area contributed by atoms with Gasteiger partial charge in [-0.25, -0.2) is 0 Å². The van der Waals surface area contributed by atoms with Crippen LogP contribution in [0.5, 0.6) is 0 Å². The minimum Gasteiger partial charge on any atom is -0.384 e. The van der Waals surface area contributed by atoms with Gasteiger partial charge in [0.15, 0.2) is 0 Å². The van der Waals surface area contributed by atoms with Crippen LogP contribution in [0.25, 0.3) is 0 Å². The maximum absolute atomic E-state index is 11.4. The van der Waals surface area contributed by atoms with Crippen LogP contribution in [0.1, 0.15) is 5.56 Å². The van der Waals surface area contributed by atoms with Crippen LogP contribution >= 0.6 is 0 Å². The van der Waals surface area contributed by atoms with E-state index in [1.54, 1.807) is 7.05 Å². The lowest BCUT2D eigenvalue weighted by molar-refractivity contribution is -0.124. The first kappa shape index (κ1) is 9.06.